The molecule has 0 aliphatic heterocycles. The van der Waals surface area contributed by atoms with Gasteiger partial charge in [0.25, 0.3) is 0 Å². The van der Waals surface area contributed by atoms with Crippen LogP contribution in [-0.4, -0.2) is 8.42 Å². The lowest BCUT2D eigenvalue weighted by atomic mass is 10.0. The van der Waals surface area contributed by atoms with Crippen molar-refractivity contribution in [3.63, 3.8) is 0 Å². The molecule has 0 saturated carbocycles. The highest BCUT2D eigenvalue weighted by atomic mass is 32.2. The van der Waals surface area contributed by atoms with Gasteiger partial charge in [0.1, 0.15) is 0 Å². The molecule has 0 heterocycles. The zero-order chi connectivity index (χ0) is 16.3. The van der Waals surface area contributed by atoms with Crippen molar-refractivity contribution in [1.29, 1.82) is 0 Å². The summed E-state index contributed by atoms with van der Waals surface area (Å²) in [6.07, 6.45) is 0. The van der Waals surface area contributed by atoms with Crippen LogP contribution in [-0.2, 0) is 15.8 Å². The Balaban J connectivity index is 2.18. The zero-order valence-electron chi connectivity index (χ0n) is 13.6. The summed E-state index contributed by atoms with van der Waals surface area (Å²) in [6, 6.07) is 13.4. The maximum atomic E-state index is 12.4. The molecule has 2 aromatic rings. The van der Waals surface area contributed by atoms with Gasteiger partial charge in [-0.1, -0.05) is 48.0 Å². The van der Waals surface area contributed by atoms with E-state index in [1.807, 2.05) is 70.2 Å². The summed E-state index contributed by atoms with van der Waals surface area (Å²) in [5.41, 5.74) is 5.08. The third-order valence-electron chi connectivity index (χ3n) is 3.86. The number of nitrogens with one attached hydrogen (secondary N) is 1. The fourth-order valence-corrected chi connectivity index (χ4v) is 4.06. The van der Waals surface area contributed by atoms with Crippen molar-refractivity contribution in [2.45, 2.75) is 39.5 Å². The van der Waals surface area contributed by atoms with E-state index in [9.17, 15) is 8.42 Å². The Labute approximate surface area is 133 Å². The van der Waals surface area contributed by atoms with E-state index in [1.54, 1.807) is 0 Å². The molecule has 2 rings (SSSR count). The smallest absolute Gasteiger partial charge is 0.212 e. The molecule has 0 bridgehead atoms. The number of hydrogen-bond acceptors (Lipinski definition) is 2. The number of aryl methyl sites for hydroxylation is 3. The Morgan fingerprint density at radius 2 is 1.68 bits per heavy atom. The standard InChI is InChI=1S/C18H23NO2S/c1-13-9-10-15(3)18(11-13)16(4)19-22(20,21)12-17-8-6-5-7-14(17)2/h5-11,16,19H,12H2,1-4H3. The second-order valence-corrected chi connectivity index (χ2v) is 7.64. The SMILES string of the molecule is Cc1ccc(C)c(C(C)NS(=O)(=O)Cc2ccccc2C)c1. The van der Waals surface area contributed by atoms with E-state index in [0.29, 0.717) is 0 Å². The van der Waals surface area contributed by atoms with Gasteiger partial charge in [0.15, 0.2) is 0 Å². The summed E-state index contributed by atoms with van der Waals surface area (Å²) in [5.74, 6) is 0.00881. The minimum absolute atomic E-state index is 0.00881. The van der Waals surface area contributed by atoms with Gasteiger partial charge >= 0.3 is 0 Å². The maximum Gasteiger partial charge on any atom is 0.216 e. The van der Waals surface area contributed by atoms with Crippen molar-refractivity contribution in [3.05, 3.63) is 70.3 Å². The third-order valence-corrected chi connectivity index (χ3v) is 5.27. The molecule has 0 aliphatic carbocycles. The monoisotopic (exact) mass is 317 g/mol. The normalized spacial score (nSPS) is 13.1. The van der Waals surface area contributed by atoms with E-state index in [2.05, 4.69) is 4.72 Å². The summed E-state index contributed by atoms with van der Waals surface area (Å²) >= 11 is 0. The van der Waals surface area contributed by atoms with Crippen molar-refractivity contribution in [2.75, 3.05) is 0 Å². The fraction of sp³-hybridized carbons (Fsp3) is 0.333. The molecule has 0 aliphatic rings. The van der Waals surface area contributed by atoms with Gasteiger partial charge in [0, 0.05) is 6.04 Å². The molecule has 22 heavy (non-hydrogen) atoms. The Bertz CT molecular complexity index is 766. The van der Waals surface area contributed by atoms with Crippen molar-refractivity contribution < 1.29 is 8.42 Å². The highest BCUT2D eigenvalue weighted by molar-refractivity contribution is 7.88. The first-order valence-corrected chi connectivity index (χ1v) is 9.05. The van der Waals surface area contributed by atoms with Crippen LogP contribution in [0, 0.1) is 20.8 Å². The molecule has 1 unspecified atom stereocenters. The predicted molar refractivity (Wildman–Crippen MR) is 91.3 cm³/mol. The quantitative estimate of drug-likeness (QED) is 0.912. The first kappa shape index (κ1) is 16.7. The predicted octanol–water partition coefficient (Wildman–Crippen LogP) is 3.79. The van der Waals surface area contributed by atoms with Crippen LogP contribution in [0.15, 0.2) is 42.5 Å². The molecular formula is C18H23NO2S. The van der Waals surface area contributed by atoms with Gasteiger partial charge in [-0.25, -0.2) is 13.1 Å². The molecule has 118 valence electrons. The minimum Gasteiger partial charge on any atom is -0.212 e. The molecule has 0 saturated heterocycles. The van der Waals surface area contributed by atoms with Crippen LogP contribution in [0.1, 0.15) is 40.8 Å². The lowest BCUT2D eigenvalue weighted by Gasteiger charge is -2.18. The van der Waals surface area contributed by atoms with E-state index < -0.39 is 10.0 Å². The van der Waals surface area contributed by atoms with Crippen LogP contribution < -0.4 is 4.72 Å². The highest BCUT2D eigenvalue weighted by Gasteiger charge is 2.18. The molecule has 0 fully saturated rings. The average molecular weight is 317 g/mol. The molecule has 0 aromatic heterocycles. The average Bonchev–Trinajstić information content (AvgIpc) is 2.43. The lowest BCUT2D eigenvalue weighted by Crippen LogP contribution is -2.28. The summed E-state index contributed by atoms with van der Waals surface area (Å²) in [5, 5.41) is 0. The maximum absolute atomic E-state index is 12.4. The summed E-state index contributed by atoms with van der Waals surface area (Å²) in [6.45, 7) is 7.83. The van der Waals surface area contributed by atoms with Crippen molar-refractivity contribution in [3.8, 4) is 0 Å². The van der Waals surface area contributed by atoms with Crippen LogP contribution in [0.2, 0.25) is 0 Å². The largest absolute Gasteiger partial charge is 0.216 e. The number of benzene rings is 2. The number of rotatable bonds is 5. The fourth-order valence-electron chi connectivity index (χ4n) is 2.58. The van der Waals surface area contributed by atoms with Crippen LogP contribution in [0.25, 0.3) is 0 Å². The van der Waals surface area contributed by atoms with Crippen LogP contribution in [0.5, 0.6) is 0 Å². The molecular weight excluding hydrogens is 294 g/mol. The highest BCUT2D eigenvalue weighted by Crippen LogP contribution is 2.20. The summed E-state index contributed by atoms with van der Waals surface area (Å²) in [4.78, 5) is 0. The summed E-state index contributed by atoms with van der Waals surface area (Å²) < 4.78 is 27.6. The molecule has 2 aromatic carbocycles. The van der Waals surface area contributed by atoms with Crippen LogP contribution >= 0.6 is 0 Å². The first-order chi connectivity index (χ1) is 10.3. The van der Waals surface area contributed by atoms with Gasteiger partial charge in [0.05, 0.1) is 5.75 Å². The van der Waals surface area contributed by atoms with E-state index in [1.165, 1.54) is 0 Å². The molecule has 3 nitrogen and oxygen atoms in total. The van der Waals surface area contributed by atoms with Gasteiger partial charge in [-0.15, -0.1) is 0 Å². The minimum atomic E-state index is -3.38. The molecule has 0 spiro atoms. The number of sulfonamides is 1. The summed E-state index contributed by atoms with van der Waals surface area (Å²) in [7, 11) is -3.38. The van der Waals surface area contributed by atoms with Crippen molar-refractivity contribution in [1.82, 2.24) is 4.72 Å². The van der Waals surface area contributed by atoms with E-state index >= 15 is 0 Å². The first-order valence-electron chi connectivity index (χ1n) is 7.40. The molecule has 0 radical (unpaired) electrons. The van der Waals surface area contributed by atoms with Gasteiger partial charge < -0.3 is 0 Å². The van der Waals surface area contributed by atoms with E-state index in [4.69, 9.17) is 0 Å². The van der Waals surface area contributed by atoms with Gasteiger partial charge in [-0.05, 0) is 49.9 Å². The Kier molecular flexibility index (Phi) is 5.04. The number of hydrogen-bond donors (Lipinski definition) is 1. The molecule has 0 amide bonds. The van der Waals surface area contributed by atoms with Gasteiger partial charge in [-0.2, -0.15) is 0 Å². The Hall–Kier alpha value is -1.65. The molecule has 4 heteroatoms. The third kappa shape index (κ3) is 4.18. The second-order valence-electron chi connectivity index (χ2n) is 5.89. The van der Waals surface area contributed by atoms with Crippen LogP contribution in [0.3, 0.4) is 0 Å². The van der Waals surface area contributed by atoms with Crippen molar-refractivity contribution >= 4 is 10.0 Å². The molecule has 1 N–H and O–H groups in total. The second kappa shape index (κ2) is 6.63. The van der Waals surface area contributed by atoms with Crippen molar-refractivity contribution in [2.24, 2.45) is 0 Å². The van der Waals surface area contributed by atoms with Gasteiger partial charge in [0.2, 0.25) is 10.0 Å². The van der Waals surface area contributed by atoms with E-state index in [-0.39, 0.29) is 11.8 Å². The van der Waals surface area contributed by atoms with Gasteiger partial charge in [-0.3, -0.25) is 0 Å². The molecule has 1 atom stereocenters. The van der Waals surface area contributed by atoms with E-state index in [0.717, 1.165) is 27.8 Å². The Morgan fingerprint density at radius 1 is 1.00 bits per heavy atom. The lowest BCUT2D eigenvalue weighted by molar-refractivity contribution is 0.565. The Morgan fingerprint density at radius 3 is 2.36 bits per heavy atom. The van der Waals surface area contributed by atoms with Crippen LogP contribution in [0.4, 0.5) is 0 Å². The zero-order valence-corrected chi connectivity index (χ0v) is 14.4. The topological polar surface area (TPSA) is 46.2 Å².